The van der Waals surface area contributed by atoms with Crippen LogP contribution in [0, 0.1) is 16.8 Å². The van der Waals surface area contributed by atoms with Crippen molar-refractivity contribution in [1.82, 2.24) is 9.88 Å². The maximum absolute atomic E-state index is 14.6. The topological polar surface area (TPSA) is 92.6 Å². The van der Waals surface area contributed by atoms with Crippen LogP contribution < -0.4 is 5.01 Å². The van der Waals surface area contributed by atoms with Gasteiger partial charge in [0.25, 0.3) is 0 Å². The lowest BCUT2D eigenvalue weighted by Crippen LogP contribution is -2.29. The Hall–Kier alpha value is -3.13. The summed E-state index contributed by atoms with van der Waals surface area (Å²) in [4.78, 5) is 6.97. The van der Waals surface area contributed by atoms with Crippen LogP contribution in [0.3, 0.4) is 0 Å². The molecule has 1 fully saturated rings. The zero-order valence-electron chi connectivity index (χ0n) is 15.5. The smallest absolute Gasteiger partial charge is 0.198 e. The van der Waals surface area contributed by atoms with Crippen LogP contribution in [0.2, 0.25) is 0 Å². The second-order valence-electron chi connectivity index (χ2n) is 7.05. The molecule has 0 saturated carbocycles. The van der Waals surface area contributed by atoms with Gasteiger partial charge in [0, 0.05) is 17.5 Å². The van der Waals surface area contributed by atoms with Crippen LogP contribution in [0.4, 0.5) is 10.1 Å². The Balaban J connectivity index is 1.64. The molecule has 0 unspecified atom stereocenters. The van der Waals surface area contributed by atoms with E-state index in [1.807, 2.05) is 18.2 Å². The summed E-state index contributed by atoms with van der Waals surface area (Å²) in [7, 11) is 2.12. The molecule has 0 radical (unpaired) electrons. The minimum absolute atomic E-state index is 0.318. The molecule has 28 heavy (non-hydrogen) atoms. The number of benzene rings is 2. The third-order valence-corrected chi connectivity index (χ3v) is 5.23. The molecule has 1 aromatic heterocycles. The van der Waals surface area contributed by atoms with Crippen molar-refractivity contribution < 1.29 is 8.81 Å². The van der Waals surface area contributed by atoms with E-state index < -0.39 is 5.82 Å². The molecule has 4 rings (SSSR count). The molecule has 1 aliphatic rings. The normalized spacial score (nSPS) is 15.6. The van der Waals surface area contributed by atoms with E-state index in [4.69, 9.17) is 15.4 Å². The fourth-order valence-corrected chi connectivity index (χ4v) is 3.58. The van der Waals surface area contributed by atoms with Gasteiger partial charge in [-0.25, -0.2) is 14.4 Å². The van der Waals surface area contributed by atoms with Gasteiger partial charge in [-0.1, -0.05) is 11.3 Å². The van der Waals surface area contributed by atoms with E-state index >= 15 is 0 Å². The van der Waals surface area contributed by atoms with E-state index in [0.717, 1.165) is 48.7 Å². The van der Waals surface area contributed by atoms with E-state index in [9.17, 15) is 4.39 Å². The Morgan fingerprint density at radius 3 is 2.71 bits per heavy atom. The van der Waals surface area contributed by atoms with Crippen molar-refractivity contribution in [3.05, 3.63) is 48.1 Å². The number of fused-ring (bicyclic) bond motifs is 1. The number of oxazole rings is 1. The van der Waals surface area contributed by atoms with E-state index in [1.165, 1.54) is 6.07 Å². The van der Waals surface area contributed by atoms with Crippen molar-refractivity contribution in [2.75, 3.05) is 25.1 Å². The molecule has 144 valence electrons. The van der Waals surface area contributed by atoms with Gasteiger partial charge in [0.15, 0.2) is 11.5 Å². The van der Waals surface area contributed by atoms with Gasteiger partial charge < -0.3 is 9.32 Å². The monoisotopic (exact) mass is 380 g/mol. The third-order valence-electron chi connectivity index (χ3n) is 5.23. The molecule has 0 amide bonds. The van der Waals surface area contributed by atoms with Gasteiger partial charge in [-0.05, 0) is 62.8 Å². The number of rotatable bonds is 5. The van der Waals surface area contributed by atoms with Crippen molar-refractivity contribution in [2.24, 2.45) is 5.22 Å². The lowest BCUT2D eigenvalue weighted by Gasteiger charge is -2.26. The fourth-order valence-electron chi connectivity index (χ4n) is 3.58. The van der Waals surface area contributed by atoms with E-state index in [1.54, 1.807) is 12.1 Å². The highest BCUT2D eigenvalue weighted by atomic mass is 19.1. The molecule has 0 atom stereocenters. The summed E-state index contributed by atoms with van der Waals surface area (Å²) in [6, 6.07) is 9.97. The Labute approximate surface area is 161 Å². The van der Waals surface area contributed by atoms with Crippen LogP contribution in [-0.4, -0.2) is 36.4 Å². The number of hydrogen-bond acceptors (Lipinski definition) is 6. The number of likely N-dealkylation sites (tertiary alicyclic amines) is 1. The molecule has 8 heteroatoms. The number of halogens is 1. The van der Waals surface area contributed by atoms with Gasteiger partial charge in [0.1, 0.15) is 17.7 Å². The first-order chi connectivity index (χ1) is 13.6. The van der Waals surface area contributed by atoms with Gasteiger partial charge in [0.2, 0.25) is 0 Å². The van der Waals surface area contributed by atoms with E-state index in [0.29, 0.717) is 28.3 Å². The summed E-state index contributed by atoms with van der Waals surface area (Å²) in [5.74, 6) is 0.630. The summed E-state index contributed by atoms with van der Waals surface area (Å²) in [5.41, 5.74) is 9.89. The number of anilines is 1. The summed E-state index contributed by atoms with van der Waals surface area (Å²) in [6.07, 6.45) is 2.90. The van der Waals surface area contributed by atoms with Crippen LogP contribution in [0.1, 0.15) is 24.7 Å². The van der Waals surface area contributed by atoms with Crippen molar-refractivity contribution >= 4 is 23.1 Å². The summed E-state index contributed by atoms with van der Waals surface area (Å²) in [6.45, 7) is 2.06. The van der Waals surface area contributed by atoms with Crippen LogP contribution in [-0.2, 0) is 0 Å². The van der Waals surface area contributed by atoms with Crippen molar-refractivity contribution in [3.63, 3.8) is 0 Å². The van der Waals surface area contributed by atoms with Crippen molar-refractivity contribution in [2.45, 2.75) is 18.8 Å². The zero-order valence-corrected chi connectivity index (χ0v) is 15.5. The highest BCUT2D eigenvalue weighted by Gasteiger charge is 2.23. The highest BCUT2D eigenvalue weighted by molar-refractivity contribution is 5.82. The molecule has 1 aliphatic heterocycles. The third kappa shape index (κ3) is 3.38. The van der Waals surface area contributed by atoms with E-state index in [2.05, 4.69) is 22.2 Å². The Kier molecular flexibility index (Phi) is 4.87. The number of nitrogens with one attached hydrogen (secondary N) is 2. The lowest BCUT2D eigenvalue weighted by atomic mass is 9.97. The first-order valence-electron chi connectivity index (χ1n) is 9.15. The zero-order chi connectivity index (χ0) is 19.7. The molecule has 2 N–H and O–H groups in total. The maximum atomic E-state index is 14.6. The molecular formula is C20H21FN6O. The van der Waals surface area contributed by atoms with Crippen LogP contribution in [0.15, 0.2) is 46.0 Å². The highest BCUT2D eigenvalue weighted by Crippen LogP contribution is 2.33. The Morgan fingerprint density at radius 1 is 1.25 bits per heavy atom. The largest absolute Gasteiger partial charge is 0.440 e. The lowest BCUT2D eigenvalue weighted by molar-refractivity contribution is 0.239. The van der Waals surface area contributed by atoms with Gasteiger partial charge in [-0.15, -0.1) is 0 Å². The number of nitrogens with zero attached hydrogens (tertiary/aromatic N) is 4. The predicted molar refractivity (Wildman–Crippen MR) is 105 cm³/mol. The first-order valence-corrected chi connectivity index (χ1v) is 9.15. The summed E-state index contributed by atoms with van der Waals surface area (Å²) in [5, 5.41) is 11.4. The minimum atomic E-state index is -0.452. The van der Waals surface area contributed by atoms with Crippen LogP contribution in [0.25, 0.3) is 22.2 Å². The Morgan fingerprint density at radius 2 is 2.04 bits per heavy atom. The number of aromatic nitrogens is 1. The standard InChI is InChI=1S/C20H21FN6O/c1-26-8-6-13(7-9-26)20-24-18-10-14(2-5-19(18)28-20)16-4-3-15(11-17(16)21)27(12-22)25-23/h2-5,10-13,22-23H,6-9H2,1H3. The van der Waals surface area contributed by atoms with Crippen molar-refractivity contribution in [1.29, 1.82) is 10.9 Å². The molecule has 7 nitrogen and oxygen atoms in total. The van der Waals surface area contributed by atoms with Crippen LogP contribution >= 0.6 is 0 Å². The van der Waals surface area contributed by atoms with E-state index in [-0.39, 0.29) is 0 Å². The summed E-state index contributed by atoms with van der Waals surface area (Å²) >= 11 is 0. The summed E-state index contributed by atoms with van der Waals surface area (Å²) < 4.78 is 20.6. The second kappa shape index (κ2) is 7.47. The molecule has 2 aromatic carbocycles. The SMILES string of the molecule is CN1CCC(c2nc3cc(-c4ccc(N(C=N)N=N)cc4F)ccc3o2)CC1. The molecule has 2 heterocycles. The average Bonchev–Trinajstić information content (AvgIpc) is 3.13. The molecule has 0 spiro atoms. The van der Waals surface area contributed by atoms with Gasteiger partial charge in [0.05, 0.1) is 5.69 Å². The number of piperidine rings is 1. The molecule has 0 bridgehead atoms. The molecular weight excluding hydrogens is 359 g/mol. The number of hydrogen-bond donors (Lipinski definition) is 2. The van der Waals surface area contributed by atoms with Gasteiger partial charge in [-0.2, -0.15) is 5.53 Å². The minimum Gasteiger partial charge on any atom is -0.440 e. The second-order valence-corrected chi connectivity index (χ2v) is 7.05. The van der Waals surface area contributed by atoms with Crippen molar-refractivity contribution in [3.8, 4) is 11.1 Å². The van der Waals surface area contributed by atoms with Gasteiger partial charge in [-0.3, -0.25) is 5.41 Å². The quantitative estimate of drug-likeness (QED) is 0.288. The van der Waals surface area contributed by atoms with Gasteiger partial charge >= 0.3 is 0 Å². The molecule has 0 aliphatic carbocycles. The predicted octanol–water partition coefficient (Wildman–Crippen LogP) is 4.80. The van der Waals surface area contributed by atoms with Crippen LogP contribution in [0.5, 0.6) is 0 Å². The average molecular weight is 380 g/mol. The molecule has 3 aromatic rings. The molecule has 1 saturated heterocycles. The first kappa shape index (κ1) is 18.2. The maximum Gasteiger partial charge on any atom is 0.198 e. The fraction of sp³-hybridized carbons (Fsp3) is 0.300. The Bertz CT molecular complexity index is 1020.